The molecule has 0 bridgehead atoms. The minimum Gasteiger partial charge on any atom is -0.392 e. The third-order valence-corrected chi connectivity index (χ3v) is 11.7. The summed E-state index contributed by atoms with van der Waals surface area (Å²) in [7, 11) is 0. The first kappa shape index (κ1) is 40.6. The predicted molar refractivity (Wildman–Crippen MR) is 164 cm³/mol. The van der Waals surface area contributed by atoms with Crippen LogP contribution in [0, 0.1) is 41.4 Å². The topological polar surface area (TPSA) is 152 Å². The van der Waals surface area contributed by atoms with Crippen molar-refractivity contribution in [1.82, 2.24) is 0 Å². The molecule has 0 amide bonds. The monoisotopic (exact) mass is 683 g/mol. The van der Waals surface area contributed by atoms with Gasteiger partial charge in [0.15, 0.2) is 5.79 Å². The Bertz CT molecular complexity index is 998. The Morgan fingerprint density at radius 3 is 2.11 bits per heavy atom. The molecule has 0 saturated carbocycles. The van der Waals surface area contributed by atoms with Gasteiger partial charge < -0.3 is 34.4 Å². The van der Waals surface area contributed by atoms with E-state index in [1.54, 1.807) is 6.92 Å². The smallest absolute Gasteiger partial charge is 0.344 e. The van der Waals surface area contributed by atoms with Crippen LogP contribution < -0.4 is 0 Å². The largest absolute Gasteiger partial charge is 0.392 e. The number of aliphatic hydroxyl groups is 3. The van der Waals surface area contributed by atoms with Crippen LogP contribution in [-0.4, -0.2) is 79.8 Å². The first-order chi connectivity index (χ1) is 20.4. The van der Waals surface area contributed by atoms with Crippen LogP contribution in [-0.2, 0) is 45.8 Å². The number of aliphatic hydroxyl groups excluding tert-OH is 2. The summed E-state index contributed by atoms with van der Waals surface area (Å²) in [6.45, 7) is 19.3. The van der Waals surface area contributed by atoms with Crippen LogP contribution in [0.2, 0.25) is 0 Å². The van der Waals surface area contributed by atoms with E-state index < -0.39 is 65.1 Å². The molecule has 10 nitrogen and oxygen atoms in total. The predicted octanol–water partition coefficient (Wildman–Crippen LogP) is 4.90. The average Bonchev–Trinajstić information content (AvgIpc) is 3.46. The van der Waals surface area contributed by atoms with Crippen LogP contribution in [0.15, 0.2) is 0 Å². The fraction of sp³-hybridized carbons (Fsp3) is 0.941. The Morgan fingerprint density at radius 2 is 1.58 bits per heavy atom. The molecule has 3 aliphatic heterocycles. The Labute approximate surface area is 280 Å². The average molecular weight is 684 g/mol. The molecule has 263 valence electrons. The molecule has 45 heavy (non-hydrogen) atoms. The maximum Gasteiger partial charge on any atom is 0.344 e. The second-order valence-corrected chi connectivity index (χ2v) is 14.8. The van der Waals surface area contributed by atoms with Crippen molar-refractivity contribution >= 4 is 11.8 Å². The molecule has 3 fully saturated rings. The minimum atomic E-state index is -1.63. The fourth-order valence-electron chi connectivity index (χ4n) is 8.86. The summed E-state index contributed by atoms with van der Waals surface area (Å²) in [6.07, 6.45) is 0.237. The van der Waals surface area contributed by atoms with Gasteiger partial charge in [0.25, 0.3) is 0 Å². The second kappa shape index (κ2) is 15.7. The maximum atomic E-state index is 14.1. The van der Waals surface area contributed by atoms with Crippen LogP contribution in [0.25, 0.3) is 0 Å². The molecule has 0 spiro atoms. The summed E-state index contributed by atoms with van der Waals surface area (Å²) in [6, 6.07) is 0. The van der Waals surface area contributed by atoms with Gasteiger partial charge in [-0.15, -0.1) is 0 Å². The van der Waals surface area contributed by atoms with E-state index in [1.165, 1.54) is 0 Å². The quantitative estimate of drug-likeness (QED) is 0.120. The van der Waals surface area contributed by atoms with E-state index in [0.29, 0.717) is 32.1 Å². The number of rotatable bonds is 13. The molecule has 3 saturated heterocycles. The number of ketones is 1. The number of hydrogen-bond acceptors (Lipinski definition) is 10. The summed E-state index contributed by atoms with van der Waals surface area (Å²) < 4.78 is 19.4. The van der Waals surface area contributed by atoms with Crippen molar-refractivity contribution in [2.45, 2.75) is 162 Å². The summed E-state index contributed by atoms with van der Waals surface area (Å²) in [5, 5.41) is 43.2. The zero-order chi connectivity index (χ0) is 33.4. The molecule has 15 atom stereocenters. The van der Waals surface area contributed by atoms with Crippen molar-refractivity contribution in [2.24, 2.45) is 41.4 Å². The fourth-order valence-corrected chi connectivity index (χ4v) is 8.86. The van der Waals surface area contributed by atoms with Gasteiger partial charge in [-0.3, -0.25) is 4.79 Å². The van der Waals surface area contributed by atoms with Crippen molar-refractivity contribution in [3.63, 3.8) is 0 Å². The van der Waals surface area contributed by atoms with Crippen LogP contribution in [0.3, 0.4) is 0 Å². The number of carbonyl (C=O) groups is 2. The summed E-state index contributed by atoms with van der Waals surface area (Å²) in [5.41, 5.74) is -1.95. The van der Waals surface area contributed by atoms with E-state index in [9.17, 15) is 24.9 Å². The molecule has 1 radical (unpaired) electrons. The van der Waals surface area contributed by atoms with Gasteiger partial charge in [-0.1, -0.05) is 62.3 Å². The second-order valence-electron chi connectivity index (χ2n) is 14.8. The Morgan fingerprint density at radius 1 is 0.956 bits per heavy atom. The zero-order valence-corrected chi connectivity index (χ0v) is 30.2. The summed E-state index contributed by atoms with van der Waals surface area (Å²) in [5.74, 6) is -4.28. The molecule has 0 unspecified atom stereocenters. The first-order valence-corrected chi connectivity index (χ1v) is 16.9. The van der Waals surface area contributed by atoms with E-state index >= 15 is 0 Å². The van der Waals surface area contributed by atoms with Crippen LogP contribution in [0.5, 0.6) is 0 Å². The number of hydrogen-bond donors (Lipinski definition) is 4. The molecule has 4 N–H and O–H groups in total. The van der Waals surface area contributed by atoms with Crippen LogP contribution in [0.1, 0.15) is 114 Å². The normalized spacial score (nSPS) is 41.9. The summed E-state index contributed by atoms with van der Waals surface area (Å²) >= 11 is 0. The first-order valence-electron chi connectivity index (χ1n) is 16.9. The van der Waals surface area contributed by atoms with Gasteiger partial charge in [-0.25, -0.2) is 4.79 Å². The number of Topliss-reactive ketones (excluding diaryl/α,β-unsaturated/α-hetero) is 1. The number of ether oxygens (including phenoxy) is 3. The molecule has 3 rings (SSSR count). The molecule has 0 aliphatic carbocycles. The standard InChI is InChI=1S/C34H60O10.Mn/c1-11-24(29(38)22(8)28(37)23(9)30-19(5)14-18(4)25(41-30)15-27(36)43-40)31-20(6)16-32(10,42-31)34(39)21(7)17-33(13-3,44-34)26(35)12-2;/h18-26,28,30-31,35,37,39-40H,11-17H2,1-10H3;/t18-,19+,20+,21-,22+,23-,24+,25+,26+,28-,30+,31+,32+,33+,34-;/m1./s1. The molecule has 0 aromatic carbocycles. The van der Waals surface area contributed by atoms with E-state index in [1.807, 2.05) is 62.3 Å². The third kappa shape index (κ3) is 7.67. The minimum absolute atomic E-state index is 0. The van der Waals surface area contributed by atoms with Gasteiger partial charge in [-0.2, -0.15) is 5.26 Å². The van der Waals surface area contributed by atoms with Crippen LogP contribution >= 0.6 is 0 Å². The molecular weight excluding hydrogens is 623 g/mol. The van der Waals surface area contributed by atoms with E-state index in [0.717, 1.165) is 6.42 Å². The van der Waals surface area contributed by atoms with Gasteiger partial charge in [0.05, 0.1) is 42.5 Å². The SMILES string of the molecule is CC[C@@H](C(=O)[C@@H](C)[C@@H](O)[C@@H](C)[C@H]1O[C@@H](CC(=O)OO)[C@H](C)C[C@@H]1C)[C@H]1O[C@](C)([C@]2(O)O[C@](CC)([C@@H](O)CC)C[C@H]2C)C[C@@H]1C.[Mn]. The molecule has 11 heteroatoms. The number of carbonyl (C=O) groups excluding carboxylic acids is 2. The van der Waals surface area contributed by atoms with Crippen LogP contribution in [0.4, 0.5) is 0 Å². The van der Waals surface area contributed by atoms with Gasteiger partial charge in [0.2, 0.25) is 0 Å². The van der Waals surface area contributed by atoms with E-state index in [-0.39, 0.29) is 59.0 Å². The van der Waals surface area contributed by atoms with Crippen molar-refractivity contribution in [1.29, 1.82) is 0 Å². The van der Waals surface area contributed by atoms with Gasteiger partial charge in [0.1, 0.15) is 11.4 Å². The van der Waals surface area contributed by atoms with Crippen molar-refractivity contribution in [3.8, 4) is 0 Å². The molecule has 3 heterocycles. The molecule has 0 aromatic rings. The molecular formula is C34H60MnO10. The van der Waals surface area contributed by atoms with Crippen molar-refractivity contribution < 1.29 is 66.3 Å². The maximum absolute atomic E-state index is 14.1. The molecule has 0 aromatic heterocycles. The third-order valence-electron chi connectivity index (χ3n) is 11.7. The van der Waals surface area contributed by atoms with Gasteiger partial charge in [-0.05, 0) is 63.2 Å². The Hall–Kier alpha value is -0.621. The Kier molecular flexibility index (Phi) is 14.2. The van der Waals surface area contributed by atoms with E-state index in [2.05, 4.69) is 4.89 Å². The zero-order valence-electron chi connectivity index (χ0n) is 29.0. The van der Waals surface area contributed by atoms with Crippen molar-refractivity contribution in [2.75, 3.05) is 0 Å². The van der Waals surface area contributed by atoms with Gasteiger partial charge >= 0.3 is 5.97 Å². The Balaban J connectivity index is 0.00000705. The van der Waals surface area contributed by atoms with E-state index in [4.69, 9.17) is 19.5 Å². The molecule has 3 aliphatic rings. The summed E-state index contributed by atoms with van der Waals surface area (Å²) in [4.78, 5) is 29.7. The van der Waals surface area contributed by atoms with Crippen molar-refractivity contribution in [3.05, 3.63) is 0 Å². The van der Waals surface area contributed by atoms with Gasteiger partial charge in [0, 0.05) is 40.7 Å².